The Bertz CT molecular complexity index is 33.8. The standard InChI is InChI=1S/CH2O3.Sn.Tm/c2-1(3)4;;/h(H2,2,3,4);;/q;+4;+3/p-2. The molecule has 5 heteroatoms. The van der Waals surface area contributed by atoms with Gasteiger partial charge in [0.25, 0.3) is 0 Å². The molecular formula is CO3SnTm+5. The minimum atomic E-state index is -2.33. The number of carbonyl (C=O) groups excluding carboxylic acids is 1. The van der Waals surface area contributed by atoms with E-state index in [4.69, 9.17) is 15.0 Å². The van der Waals surface area contributed by atoms with Crippen LogP contribution in [0.4, 0.5) is 4.79 Å². The number of rotatable bonds is 0. The molecule has 0 aliphatic carbocycles. The van der Waals surface area contributed by atoms with Gasteiger partial charge in [0, 0.05) is 0 Å². The number of hydrogen-bond donors (Lipinski definition) is 0. The van der Waals surface area contributed by atoms with Gasteiger partial charge in [-0.25, -0.2) is 0 Å². The van der Waals surface area contributed by atoms with Crippen molar-refractivity contribution in [2.75, 3.05) is 0 Å². The van der Waals surface area contributed by atoms with E-state index in [0.717, 1.165) is 0 Å². The zero-order valence-corrected chi connectivity index (χ0v) is 7.14. The number of carboxylic acid groups (broad SMARTS) is 2. The van der Waals surface area contributed by atoms with Crippen LogP contribution in [0.15, 0.2) is 0 Å². The minimum absolute atomic E-state index is 0. The largest absolute Gasteiger partial charge is 4.00 e. The summed E-state index contributed by atoms with van der Waals surface area (Å²) in [6.07, 6.45) is -2.33. The maximum Gasteiger partial charge on any atom is 4.00 e. The van der Waals surface area contributed by atoms with Crippen molar-refractivity contribution in [2.45, 2.75) is 0 Å². The topological polar surface area (TPSA) is 63.2 Å². The third-order valence-corrected chi connectivity index (χ3v) is 0. The summed E-state index contributed by atoms with van der Waals surface area (Å²) in [5.74, 6) is 0. The molecule has 0 rings (SSSR count). The summed E-state index contributed by atoms with van der Waals surface area (Å²) in [6.45, 7) is 0. The van der Waals surface area contributed by atoms with Crippen LogP contribution in [0, 0.1) is 36.9 Å². The van der Waals surface area contributed by atoms with Gasteiger partial charge in [-0.3, -0.25) is 0 Å². The van der Waals surface area contributed by atoms with Crippen LogP contribution in [0.5, 0.6) is 0 Å². The first-order valence-electron chi connectivity index (χ1n) is 0.612. The summed E-state index contributed by atoms with van der Waals surface area (Å²) < 4.78 is 0. The minimum Gasteiger partial charge on any atom is -0.652 e. The summed E-state index contributed by atoms with van der Waals surface area (Å²) in [6, 6.07) is 0. The van der Waals surface area contributed by atoms with Gasteiger partial charge >= 0.3 is 60.8 Å². The Balaban J connectivity index is -0.0000000450. The summed E-state index contributed by atoms with van der Waals surface area (Å²) in [5.41, 5.74) is 0. The van der Waals surface area contributed by atoms with Gasteiger partial charge in [-0.1, -0.05) is 0 Å². The van der Waals surface area contributed by atoms with Gasteiger partial charge in [0.2, 0.25) is 0 Å². The maximum absolute atomic E-state index is 8.33. The second kappa shape index (κ2) is 9.57. The fourth-order valence-corrected chi connectivity index (χ4v) is 0. The summed E-state index contributed by atoms with van der Waals surface area (Å²) in [5, 5.41) is 16.7. The number of hydrogen-bond acceptors (Lipinski definition) is 3. The summed E-state index contributed by atoms with van der Waals surface area (Å²) >= 11 is 0. The smallest absolute Gasteiger partial charge is 0.652 e. The van der Waals surface area contributed by atoms with E-state index >= 15 is 0 Å². The van der Waals surface area contributed by atoms with Gasteiger partial charge in [0.15, 0.2) is 0 Å². The molecule has 0 fully saturated rings. The zero-order valence-electron chi connectivity index (χ0n) is 2.50. The van der Waals surface area contributed by atoms with Crippen molar-refractivity contribution < 1.29 is 51.9 Å². The molecule has 0 aliphatic heterocycles. The number of carbonyl (C=O) groups is 1. The molecule has 0 aromatic heterocycles. The predicted octanol–water partition coefficient (Wildman–Crippen LogP) is -2.83. The molecule has 0 spiro atoms. The Kier molecular flexibility index (Phi) is 25.0. The van der Waals surface area contributed by atoms with Gasteiger partial charge in [-0.2, -0.15) is 0 Å². The van der Waals surface area contributed by atoms with E-state index in [0.29, 0.717) is 0 Å². The fraction of sp³-hybridized carbons (Fsp3) is 0. The van der Waals surface area contributed by atoms with Crippen LogP contribution >= 0.6 is 0 Å². The summed E-state index contributed by atoms with van der Waals surface area (Å²) in [4.78, 5) is 8.33. The Labute approximate surface area is 80.9 Å². The first-order valence-corrected chi connectivity index (χ1v) is 0.612. The molecule has 0 amide bonds. The van der Waals surface area contributed by atoms with Gasteiger partial charge in [0.05, 0.1) is 0 Å². The fourth-order valence-electron chi connectivity index (χ4n) is 0. The van der Waals surface area contributed by atoms with E-state index < -0.39 is 6.16 Å². The van der Waals surface area contributed by atoms with Crippen LogP contribution in [0.2, 0.25) is 0 Å². The van der Waals surface area contributed by atoms with E-state index in [9.17, 15) is 0 Å². The molecule has 0 aliphatic rings. The van der Waals surface area contributed by atoms with Crippen LogP contribution in [-0.4, -0.2) is 30.1 Å². The van der Waals surface area contributed by atoms with E-state index in [1.165, 1.54) is 0 Å². The molecule has 0 radical (unpaired) electrons. The average Bonchev–Trinajstić information content (AvgIpc) is 0.811. The molecule has 34 valence electrons. The molecular weight excluding hydrogens is 348 g/mol. The first kappa shape index (κ1) is 15.7. The Morgan fingerprint density at radius 1 is 1.33 bits per heavy atom. The predicted molar refractivity (Wildman–Crippen MR) is 11.1 cm³/mol. The molecule has 0 bridgehead atoms. The Morgan fingerprint density at radius 2 is 1.33 bits per heavy atom. The second-order valence-corrected chi connectivity index (χ2v) is 0.250. The summed E-state index contributed by atoms with van der Waals surface area (Å²) in [7, 11) is 0. The van der Waals surface area contributed by atoms with Crippen LogP contribution in [0.1, 0.15) is 0 Å². The molecule has 0 heterocycles. The van der Waals surface area contributed by atoms with Gasteiger partial charge in [-0.15, -0.1) is 0 Å². The molecule has 0 unspecified atom stereocenters. The average molecular weight is 348 g/mol. The normalized spacial score (nSPS) is 4.00. The van der Waals surface area contributed by atoms with Crippen molar-refractivity contribution in [3.8, 4) is 0 Å². The third kappa shape index (κ3) is 57.9. The molecule has 0 aromatic carbocycles. The van der Waals surface area contributed by atoms with Crippen molar-refractivity contribution in [3.05, 3.63) is 0 Å². The molecule has 0 saturated heterocycles. The Morgan fingerprint density at radius 3 is 1.33 bits per heavy atom. The van der Waals surface area contributed by atoms with Crippen LogP contribution in [0.25, 0.3) is 0 Å². The van der Waals surface area contributed by atoms with Crippen molar-refractivity contribution in [1.29, 1.82) is 0 Å². The van der Waals surface area contributed by atoms with Crippen molar-refractivity contribution in [2.24, 2.45) is 0 Å². The SMILES string of the molecule is O=C([O-])[O-].[Sn+4].[Tm+3]. The van der Waals surface area contributed by atoms with Crippen molar-refractivity contribution in [1.82, 2.24) is 0 Å². The van der Waals surface area contributed by atoms with Crippen LogP contribution in [-0.2, 0) is 0 Å². The van der Waals surface area contributed by atoms with E-state index in [2.05, 4.69) is 0 Å². The van der Waals surface area contributed by atoms with Gasteiger partial charge < -0.3 is 15.0 Å². The van der Waals surface area contributed by atoms with E-state index in [1.807, 2.05) is 0 Å². The molecule has 0 atom stereocenters. The molecule has 6 heavy (non-hydrogen) atoms. The van der Waals surface area contributed by atoms with E-state index in [-0.39, 0.29) is 60.8 Å². The van der Waals surface area contributed by atoms with Crippen LogP contribution in [0.3, 0.4) is 0 Å². The maximum atomic E-state index is 8.33. The second-order valence-electron chi connectivity index (χ2n) is 0.250. The van der Waals surface area contributed by atoms with Gasteiger partial charge in [-0.05, 0) is 6.16 Å². The zero-order chi connectivity index (χ0) is 3.58. The molecule has 0 saturated carbocycles. The first-order chi connectivity index (χ1) is 1.73. The quantitative estimate of drug-likeness (QED) is 0.444. The van der Waals surface area contributed by atoms with E-state index in [1.54, 1.807) is 0 Å². The van der Waals surface area contributed by atoms with Gasteiger partial charge in [0.1, 0.15) is 0 Å². The monoisotopic (exact) mass is 349 g/mol. The Hall–Kier alpha value is 1.30. The van der Waals surface area contributed by atoms with Crippen molar-refractivity contribution in [3.63, 3.8) is 0 Å². The van der Waals surface area contributed by atoms with Crippen LogP contribution < -0.4 is 10.2 Å². The molecule has 0 aromatic rings. The third-order valence-electron chi connectivity index (χ3n) is 0. The van der Waals surface area contributed by atoms with Crippen molar-refractivity contribution >= 4 is 30.1 Å². The molecule has 3 nitrogen and oxygen atoms in total. The molecule has 0 N–H and O–H groups in total.